The Morgan fingerprint density at radius 3 is 1.93 bits per heavy atom. The number of hydrogen-bond acceptors (Lipinski definition) is 5. The van der Waals surface area contributed by atoms with Crippen molar-refractivity contribution in [3.8, 4) is 0 Å². The van der Waals surface area contributed by atoms with Gasteiger partial charge in [-0.05, 0) is 12.8 Å². The highest BCUT2D eigenvalue weighted by Gasteiger charge is 2.33. The van der Waals surface area contributed by atoms with E-state index in [4.69, 9.17) is 0 Å². The average molecular weight is 429 g/mol. The van der Waals surface area contributed by atoms with E-state index in [1.165, 1.54) is 8.61 Å². The number of amides is 3. The molecule has 2 aliphatic rings. The molecule has 162 valence electrons. The lowest BCUT2D eigenvalue weighted by atomic mass is 10.2. The van der Waals surface area contributed by atoms with E-state index in [0.29, 0.717) is 26.2 Å². The van der Waals surface area contributed by atoms with Crippen LogP contribution in [-0.4, -0.2) is 92.4 Å². The third-order valence-electron chi connectivity index (χ3n) is 4.62. The number of piperazine rings is 1. The van der Waals surface area contributed by atoms with Crippen LogP contribution in [0.1, 0.15) is 25.7 Å². The molecule has 2 N–H and O–H groups in total. The number of carbonyl (C=O) groups is 2. The maximum atomic E-state index is 12.7. The molecule has 0 aromatic heterocycles. The van der Waals surface area contributed by atoms with E-state index in [9.17, 15) is 31.2 Å². The standard InChI is InChI=1S/C15H26F3N5O4S/c16-15(17,18)12-19-14(25)20-13(24)11-21-7-9-23(10-8-21)28(26,27)22-5-3-1-2-4-6-22/h1-12H2,(H2,19,20,24,25). The first kappa shape index (κ1) is 22.8. The fourth-order valence-electron chi connectivity index (χ4n) is 3.15. The van der Waals surface area contributed by atoms with Crippen LogP contribution in [0, 0.1) is 0 Å². The van der Waals surface area contributed by atoms with Crippen molar-refractivity contribution in [2.75, 3.05) is 52.4 Å². The van der Waals surface area contributed by atoms with Crippen molar-refractivity contribution in [2.45, 2.75) is 31.9 Å². The molecule has 9 nitrogen and oxygen atoms in total. The SMILES string of the molecule is O=C(CN1CCN(S(=O)(=O)N2CCCCCC2)CC1)NC(=O)NCC(F)(F)F. The summed E-state index contributed by atoms with van der Waals surface area (Å²) in [6.45, 7) is 0.320. The summed E-state index contributed by atoms with van der Waals surface area (Å²) in [4.78, 5) is 24.7. The number of alkyl halides is 3. The minimum Gasteiger partial charge on any atom is -0.329 e. The minimum atomic E-state index is -4.56. The summed E-state index contributed by atoms with van der Waals surface area (Å²) in [6, 6.07) is -1.22. The van der Waals surface area contributed by atoms with Gasteiger partial charge in [-0.1, -0.05) is 12.8 Å². The van der Waals surface area contributed by atoms with Crippen molar-refractivity contribution >= 4 is 22.1 Å². The topological polar surface area (TPSA) is 102 Å². The predicted molar refractivity (Wildman–Crippen MR) is 94.6 cm³/mol. The van der Waals surface area contributed by atoms with E-state index >= 15 is 0 Å². The van der Waals surface area contributed by atoms with Gasteiger partial charge in [-0.2, -0.15) is 30.2 Å². The Morgan fingerprint density at radius 1 is 0.857 bits per heavy atom. The molecule has 0 spiro atoms. The lowest BCUT2D eigenvalue weighted by Gasteiger charge is -2.36. The summed E-state index contributed by atoms with van der Waals surface area (Å²) in [5, 5.41) is 3.38. The van der Waals surface area contributed by atoms with Gasteiger partial charge >= 0.3 is 12.2 Å². The molecule has 0 bridgehead atoms. The molecular weight excluding hydrogens is 403 g/mol. The van der Waals surface area contributed by atoms with E-state index in [1.807, 2.05) is 5.32 Å². The van der Waals surface area contributed by atoms with Crippen LogP contribution in [0.25, 0.3) is 0 Å². The van der Waals surface area contributed by atoms with Crippen LogP contribution in [0.4, 0.5) is 18.0 Å². The third-order valence-corrected chi connectivity index (χ3v) is 6.65. The van der Waals surface area contributed by atoms with Gasteiger partial charge in [0.1, 0.15) is 6.54 Å². The summed E-state index contributed by atoms with van der Waals surface area (Å²) < 4.78 is 64.4. The molecule has 0 aliphatic carbocycles. The second-order valence-electron chi connectivity index (χ2n) is 6.84. The Bertz CT molecular complexity index is 643. The fraction of sp³-hybridized carbons (Fsp3) is 0.867. The van der Waals surface area contributed by atoms with Crippen molar-refractivity contribution in [3.63, 3.8) is 0 Å². The van der Waals surface area contributed by atoms with Crippen LogP contribution in [-0.2, 0) is 15.0 Å². The maximum absolute atomic E-state index is 12.7. The second kappa shape index (κ2) is 9.85. The van der Waals surface area contributed by atoms with Crippen molar-refractivity contribution in [1.82, 2.24) is 24.1 Å². The summed E-state index contributed by atoms with van der Waals surface area (Å²) in [5.74, 6) is -0.747. The number of nitrogens with one attached hydrogen (secondary N) is 2. The van der Waals surface area contributed by atoms with Crippen LogP contribution in [0.15, 0.2) is 0 Å². The van der Waals surface area contributed by atoms with E-state index < -0.39 is 34.9 Å². The Hall–Kier alpha value is -1.44. The first-order chi connectivity index (χ1) is 13.1. The van der Waals surface area contributed by atoms with Gasteiger partial charge < -0.3 is 5.32 Å². The zero-order valence-corrected chi connectivity index (χ0v) is 16.3. The molecule has 13 heteroatoms. The highest BCUT2D eigenvalue weighted by Crippen LogP contribution is 2.18. The summed E-state index contributed by atoms with van der Waals surface area (Å²) in [5.41, 5.74) is 0. The maximum Gasteiger partial charge on any atom is 0.405 e. The summed E-state index contributed by atoms with van der Waals surface area (Å²) in [6.07, 6.45) is -0.835. The molecule has 0 saturated carbocycles. The van der Waals surface area contributed by atoms with Gasteiger partial charge in [-0.15, -0.1) is 0 Å². The highest BCUT2D eigenvalue weighted by atomic mass is 32.2. The molecule has 2 aliphatic heterocycles. The number of rotatable bonds is 5. The molecule has 2 saturated heterocycles. The Morgan fingerprint density at radius 2 is 1.39 bits per heavy atom. The second-order valence-corrected chi connectivity index (χ2v) is 8.77. The molecule has 0 unspecified atom stereocenters. The fourth-order valence-corrected chi connectivity index (χ4v) is 4.82. The van der Waals surface area contributed by atoms with Gasteiger partial charge in [0.25, 0.3) is 10.2 Å². The lowest BCUT2D eigenvalue weighted by molar-refractivity contribution is -0.125. The van der Waals surface area contributed by atoms with Gasteiger partial charge in [0.05, 0.1) is 6.54 Å². The number of nitrogens with zero attached hydrogens (tertiary/aromatic N) is 3. The normalized spacial score (nSPS) is 21.1. The smallest absolute Gasteiger partial charge is 0.329 e. The van der Waals surface area contributed by atoms with Crippen LogP contribution >= 0.6 is 0 Å². The van der Waals surface area contributed by atoms with Crippen molar-refractivity contribution in [1.29, 1.82) is 0 Å². The molecule has 0 radical (unpaired) electrons. The van der Waals surface area contributed by atoms with Crippen LogP contribution < -0.4 is 10.6 Å². The first-order valence-corrected chi connectivity index (χ1v) is 10.6. The predicted octanol–water partition coefficient (Wildman–Crippen LogP) is 0.113. The molecule has 2 rings (SSSR count). The number of urea groups is 1. The van der Waals surface area contributed by atoms with Gasteiger partial charge in [0, 0.05) is 39.3 Å². The van der Waals surface area contributed by atoms with Gasteiger partial charge in [-0.25, -0.2) is 4.79 Å². The molecular formula is C15H26F3N5O4S. The van der Waals surface area contributed by atoms with Crippen molar-refractivity contribution in [3.05, 3.63) is 0 Å². The monoisotopic (exact) mass is 429 g/mol. The molecule has 28 heavy (non-hydrogen) atoms. The Kier molecular flexibility index (Phi) is 8.04. The van der Waals surface area contributed by atoms with E-state index in [0.717, 1.165) is 25.7 Å². The molecule has 0 aromatic carbocycles. The van der Waals surface area contributed by atoms with Crippen molar-refractivity contribution in [2.24, 2.45) is 0 Å². The largest absolute Gasteiger partial charge is 0.405 e. The van der Waals surface area contributed by atoms with Crippen LogP contribution in [0.5, 0.6) is 0 Å². The van der Waals surface area contributed by atoms with Gasteiger partial charge in [-0.3, -0.25) is 15.0 Å². The molecule has 0 atom stereocenters. The highest BCUT2D eigenvalue weighted by molar-refractivity contribution is 7.86. The zero-order valence-electron chi connectivity index (χ0n) is 15.5. The van der Waals surface area contributed by atoms with E-state index in [-0.39, 0.29) is 19.6 Å². The van der Waals surface area contributed by atoms with Crippen LogP contribution in [0.2, 0.25) is 0 Å². The summed E-state index contributed by atoms with van der Waals surface area (Å²) >= 11 is 0. The number of imide groups is 1. The van der Waals surface area contributed by atoms with Crippen molar-refractivity contribution < 1.29 is 31.2 Å². The Labute approximate surface area is 162 Å². The third kappa shape index (κ3) is 7.18. The molecule has 2 heterocycles. The number of carbonyl (C=O) groups excluding carboxylic acids is 2. The van der Waals surface area contributed by atoms with Crippen LogP contribution in [0.3, 0.4) is 0 Å². The van der Waals surface area contributed by atoms with Gasteiger partial charge in [0.2, 0.25) is 5.91 Å². The minimum absolute atomic E-state index is 0.197. The number of hydrogen-bond donors (Lipinski definition) is 2. The van der Waals surface area contributed by atoms with E-state index in [2.05, 4.69) is 0 Å². The molecule has 0 aromatic rings. The zero-order chi connectivity index (χ0) is 20.8. The number of halogens is 3. The quantitative estimate of drug-likeness (QED) is 0.646. The summed E-state index contributed by atoms with van der Waals surface area (Å²) in [7, 11) is -3.53. The van der Waals surface area contributed by atoms with E-state index in [1.54, 1.807) is 10.2 Å². The first-order valence-electron chi connectivity index (χ1n) is 9.20. The molecule has 3 amide bonds. The van der Waals surface area contributed by atoms with Gasteiger partial charge in [0.15, 0.2) is 0 Å². The Balaban J connectivity index is 1.75. The molecule has 2 fully saturated rings. The average Bonchev–Trinajstić information content (AvgIpc) is 2.90. The lowest BCUT2D eigenvalue weighted by Crippen LogP contribution is -2.55.